The number of para-hydroxylation sites is 2. The summed E-state index contributed by atoms with van der Waals surface area (Å²) in [6.45, 7) is 1.97. The van der Waals surface area contributed by atoms with E-state index in [1.807, 2.05) is 37.8 Å². The SMILES string of the molecule is C/C=C\N=Cc1cc2ccccc2n1-c1ccc(-c2ccc(-n3c4ccccc4c4ccncc43)cc2)cc1. The molecule has 4 aromatic carbocycles. The molecule has 0 bridgehead atoms. The van der Waals surface area contributed by atoms with Crippen molar-refractivity contribution in [1.82, 2.24) is 14.1 Å². The molecular weight excluding hydrogens is 476 g/mol. The van der Waals surface area contributed by atoms with Crippen LogP contribution in [0, 0.1) is 0 Å². The number of hydrogen-bond donors (Lipinski definition) is 0. The fourth-order valence-electron chi connectivity index (χ4n) is 5.47. The lowest BCUT2D eigenvalue weighted by atomic mass is 10.0. The molecule has 3 aromatic heterocycles. The maximum absolute atomic E-state index is 4.44. The summed E-state index contributed by atoms with van der Waals surface area (Å²) in [5, 5.41) is 3.65. The number of fused-ring (bicyclic) bond motifs is 4. The number of benzene rings is 4. The van der Waals surface area contributed by atoms with Crippen LogP contribution in [0.4, 0.5) is 0 Å². The van der Waals surface area contributed by atoms with Gasteiger partial charge < -0.3 is 9.13 Å². The molecule has 0 radical (unpaired) electrons. The van der Waals surface area contributed by atoms with Crippen LogP contribution in [0.5, 0.6) is 0 Å². The second-order valence-corrected chi connectivity index (χ2v) is 9.56. The second-order valence-electron chi connectivity index (χ2n) is 9.56. The Morgan fingerprint density at radius 1 is 0.641 bits per heavy atom. The monoisotopic (exact) mass is 502 g/mol. The van der Waals surface area contributed by atoms with Crippen molar-refractivity contribution < 1.29 is 0 Å². The first kappa shape index (κ1) is 22.9. The molecule has 0 fully saturated rings. The molecule has 0 aliphatic heterocycles. The molecule has 4 heteroatoms. The predicted molar refractivity (Wildman–Crippen MR) is 163 cm³/mol. The van der Waals surface area contributed by atoms with E-state index < -0.39 is 0 Å². The van der Waals surface area contributed by atoms with E-state index in [1.165, 1.54) is 32.8 Å². The van der Waals surface area contributed by atoms with Crippen molar-refractivity contribution in [2.75, 3.05) is 0 Å². The third-order valence-electron chi connectivity index (χ3n) is 7.24. The van der Waals surface area contributed by atoms with Crippen molar-refractivity contribution in [2.45, 2.75) is 6.92 Å². The fraction of sp³-hybridized carbons (Fsp3) is 0.0286. The van der Waals surface area contributed by atoms with Crippen molar-refractivity contribution in [3.8, 4) is 22.5 Å². The van der Waals surface area contributed by atoms with E-state index >= 15 is 0 Å². The summed E-state index contributed by atoms with van der Waals surface area (Å²) in [6, 6.07) is 38.8. The minimum atomic E-state index is 1.05. The number of rotatable bonds is 5. The topological polar surface area (TPSA) is 35.1 Å². The zero-order valence-electron chi connectivity index (χ0n) is 21.6. The summed E-state index contributed by atoms with van der Waals surface area (Å²) in [4.78, 5) is 8.84. The molecule has 0 N–H and O–H groups in total. The minimum Gasteiger partial charge on any atom is -0.308 e. The summed E-state index contributed by atoms with van der Waals surface area (Å²) in [5.74, 6) is 0. The highest BCUT2D eigenvalue weighted by Gasteiger charge is 2.12. The Hall–Kier alpha value is -5.22. The van der Waals surface area contributed by atoms with E-state index in [2.05, 4.69) is 128 Å². The predicted octanol–water partition coefficient (Wildman–Crippen LogP) is 8.74. The van der Waals surface area contributed by atoms with E-state index in [1.54, 1.807) is 0 Å². The average molecular weight is 503 g/mol. The molecule has 0 amide bonds. The average Bonchev–Trinajstić information content (AvgIpc) is 3.53. The molecule has 186 valence electrons. The molecule has 7 aromatic rings. The number of pyridine rings is 1. The molecule has 0 saturated heterocycles. The van der Waals surface area contributed by atoms with Gasteiger partial charge in [-0.1, -0.05) is 66.7 Å². The van der Waals surface area contributed by atoms with Gasteiger partial charge in [-0.05, 0) is 66.6 Å². The van der Waals surface area contributed by atoms with Crippen LogP contribution in [0.25, 0.3) is 55.2 Å². The highest BCUT2D eigenvalue weighted by molar-refractivity contribution is 6.08. The highest BCUT2D eigenvalue weighted by Crippen LogP contribution is 2.32. The van der Waals surface area contributed by atoms with E-state index in [0.29, 0.717) is 0 Å². The number of aliphatic imine (C=N–C) groups is 1. The van der Waals surface area contributed by atoms with Crippen molar-refractivity contribution in [3.05, 3.63) is 140 Å². The van der Waals surface area contributed by atoms with Crippen LogP contribution >= 0.6 is 0 Å². The van der Waals surface area contributed by atoms with Gasteiger partial charge in [0.05, 0.1) is 34.7 Å². The van der Waals surface area contributed by atoms with Gasteiger partial charge in [0.25, 0.3) is 0 Å². The van der Waals surface area contributed by atoms with Gasteiger partial charge in [0, 0.05) is 39.9 Å². The third kappa shape index (κ3) is 3.94. The highest BCUT2D eigenvalue weighted by atomic mass is 15.0. The minimum absolute atomic E-state index is 1.05. The van der Waals surface area contributed by atoms with Gasteiger partial charge in [0.15, 0.2) is 0 Å². The summed E-state index contributed by atoms with van der Waals surface area (Å²) in [6.07, 6.45) is 9.47. The quantitative estimate of drug-likeness (QED) is 0.217. The molecule has 0 aliphatic carbocycles. The Kier molecular flexibility index (Phi) is 5.64. The lowest BCUT2D eigenvalue weighted by molar-refractivity contribution is 1.11. The first-order valence-corrected chi connectivity index (χ1v) is 13.1. The van der Waals surface area contributed by atoms with Crippen molar-refractivity contribution in [3.63, 3.8) is 0 Å². The van der Waals surface area contributed by atoms with Gasteiger partial charge in [0.2, 0.25) is 0 Å². The van der Waals surface area contributed by atoms with Crippen molar-refractivity contribution >= 4 is 38.9 Å². The van der Waals surface area contributed by atoms with Crippen LogP contribution in [0.3, 0.4) is 0 Å². The Bertz CT molecular complexity index is 1950. The normalized spacial score (nSPS) is 12.0. The van der Waals surface area contributed by atoms with Crippen molar-refractivity contribution in [1.29, 1.82) is 0 Å². The van der Waals surface area contributed by atoms with E-state index in [-0.39, 0.29) is 0 Å². The Morgan fingerprint density at radius 3 is 2.03 bits per heavy atom. The molecule has 0 unspecified atom stereocenters. The second kappa shape index (κ2) is 9.58. The molecule has 3 heterocycles. The first-order valence-electron chi connectivity index (χ1n) is 13.1. The molecule has 7 rings (SSSR count). The standard InChI is InChI=1S/C35H26N4/c1-2-20-36-23-30-22-27-7-3-5-9-33(27)38(30)28-15-11-25(12-16-28)26-13-17-29(18-14-26)39-34-10-6-4-8-31(34)32-19-21-37-24-35(32)39/h2-24H,1H3/b20-2-,36-23?. The van der Waals surface area contributed by atoms with Gasteiger partial charge in [-0.2, -0.15) is 0 Å². The molecule has 4 nitrogen and oxygen atoms in total. The van der Waals surface area contributed by atoms with Crippen LogP contribution in [0.2, 0.25) is 0 Å². The van der Waals surface area contributed by atoms with E-state index in [0.717, 1.165) is 28.1 Å². The van der Waals surface area contributed by atoms with Gasteiger partial charge in [-0.25, -0.2) is 0 Å². The number of allylic oxidation sites excluding steroid dienone is 1. The smallest absolute Gasteiger partial charge is 0.0724 e. The van der Waals surface area contributed by atoms with Crippen LogP contribution in [-0.4, -0.2) is 20.3 Å². The Balaban J connectivity index is 1.25. The Labute approximate surface area is 226 Å². The van der Waals surface area contributed by atoms with Crippen LogP contribution in [0.15, 0.2) is 139 Å². The first-order chi connectivity index (χ1) is 19.3. The molecule has 0 saturated carbocycles. The zero-order valence-corrected chi connectivity index (χ0v) is 21.6. The van der Waals surface area contributed by atoms with Crippen LogP contribution < -0.4 is 0 Å². The third-order valence-corrected chi connectivity index (χ3v) is 7.24. The molecule has 39 heavy (non-hydrogen) atoms. The number of nitrogens with zero attached hydrogens (tertiary/aromatic N) is 4. The van der Waals surface area contributed by atoms with Crippen LogP contribution in [-0.2, 0) is 0 Å². The molecule has 0 atom stereocenters. The molecular formula is C35H26N4. The number of hydrogen-bond acceptors (Lipinski definition) is 2. The van der Waals surface area contributed by atoms with E-state index in [9.17, 15) is 0 Å². The van der Waals surface area contributed by atoms with E-state index in [4.69, 9.17) is 0 Å². The summed E-state index contributed by atoms with van der Waals surface area (Å²) in [5.41, 5.74) is 9.10. The van der Waals surface area contributed by atoms with Crippen LogP contribution in [0.1, 0.15) is 12.6 Å². The van der Waals surface area contributed by atoms with Gasteiger partial charge in [0.1, 0.15) is 0 Å². The maximum Gasteiger partial charge on any atom is 0.0724 e. The summed E-state index contributed by atoms with van der Waals surface area (Å²) >= 11 is 0. The fourth-order valence-corrected chi connectivity index (χ4v) is 5.47. The maximum atomic E-state index is 4.44. The van der Waals surface area contributed by atoms with Crippen molar-refractivity contribution in [2.24, 2.45) is 4.99 Å². The Morgan fingerprint density at radius 2 is 1.28 bits per heavy atom. The molecule has 0 aliphatic rings. The lowest BCUT2D eigenvalue weighted by Crippen LogP contribution is -1.99. The van der Waals surface area contributed by atoms with Gasteiger partial charge in [-0.3, -0.25) is 9.98 Å². The molecule has 0 spiro atoms. The summed E-state index contributed by atoms with van der Waals surface area (Å²) in [7, 11) is 0. The zero-order chi connectivity index (χ0) is 26.2. The number of aromatic nitrogens is 3. The van der Waals surface area contributed by atoms with Gasteiger partial charge >= 0.3 is 0 Å². The van der Waals surface area contributed by atoms with Gasteiger partial charge in [-0.15, -0.1) is 0 Å². The summed E-state index contributed by atoms with van der Waals surface area (Å²) < 4.78 is 4.55. The lowest BCUT2D eigenvalue weighted by Gasteiger charge is -2.11. The largest absolute Gasteiger partial charge is 0.308 e.